The highest BCUT2D eigenvalue weighted by Gasteiger charge is 2.39. The van der Waals surface area contributed by atoms with Gasteiger partial charge < -0.3 is 4.57 Å². The quantitative estimate of drug-likeness (QED) is 0.395. The molecule has 0 bridgehead atoms. The lowest BCUT2D eigenvalue weighted by atomic mass is 9.69. The number of nitrogens with zero attached hydrogens (tertiary/aromatic N) is 4. The summed E-state index contributed by atoms with van der Waals surface area (Å²) in [7, 11) is 0. The van der Waals surface area contributed by atoms with Gasteiger partial charge in [-0.3, -0.25) is 4.79 Å². The number of thioether (sulfide) groups is 1. The molecule has 2 heterocycles. The second-order valence-corrected chi connectivity index (χ2v) is 11.3. The largest absolute Gasteiger partial charge is 0.309 e. The molecule has 0 N–H and O–H groups in total. The van der Waals surface area contributed by atoms with Gasteiger partial charge in [-0.1, -0.05) is 77.6 Å². The van der Waals surface area contributed by atoms with E-state index in [1.807, 2.05) is 0 Å². The van der Waals surface area contributed by atoms with Crippen molar-refractivity contribution in [3.8, 4) is 11.3 Å². The van der Waals surface area contributed by atoms with E-state index in [1.54, 1.807) is 16.2 Å². The van der Waals surface area contributed by atoms with Gasteiger partial charge in [-0.15, -0.1) is 10.2 Å². The molecule has 32 heavy (non-hydrogen) atoms. The minimum absolute atomic E-state index is 0.0618. The lowest BCUT2D eigenvalue weighted by Gasteiger charge is -2.37. The van der Waals surface area contributed by atoms with Crippen LogP contribution in [-0.2, 0) is 18.4 Å². The minimum Gasteiger partial charge on any atom is -0.309 e. The first-order chi connectivity index (χ1) is 15.3. The Morgan fingerprint density at radius 2 is 1.81 bits per heavy atom. The van der Waals surface area contributed by atoms with Crippen LogP contribution >= 0.6 is 11.8 Å². The second kappa shape index (κ2) is 9.05. The molecule has 5 nitrogen and oxygen atoms in total. The predicted octanol–water partition coefficient (Wildman–Crippen LogP) is 5.97. The molecule has 6 heteroatoms. The Bertz CT molecular complexity index is 1180. The molecule has 0 radical (unpaired) electrons. The molecule has 2 aromatic heterocycles. The molecule has 1 aromatic carbocycles. The van der Waals surface area contributed by atoms with Crippen LogP contribution in [0, 0.1) is 11.8 Å². The zero-order valence-electron chi connectivity index (χ0n) is 20.3. The predicted molar refractivity (Wildman–Crippen MR) is 134 cm³/mol. The van der Waals surface area contributed by atoms with Crippen LogP contribution < -0.4 is 5.56 Å². The van der Waals surface area contributed by atoms with E-state index in [2.05, 4.69) is 80.6 Å². The van der Waals surface area contributed by atoms with Crippen molar-refractivity contribution in [1.29, 1.82) is 0 Å². The fraction of sp³-hybridized carbons (Fsp3) is 0.577. The number of hydrogen-bond acceptors (Lipinski definition) is 4. The Hall–Kier alpha value is -2.08. The van der Waals surface area contributed by atoms with Crippen LogP contribution in [0.2, 0.25) is 0 Å². The third-order valence-corrected chi connectivity index (χ3v) is 7.84. The lowest BCUT2D eigenvalue weighted by molar-refractivity contribution is 0.430. The molecule has 0 spiro atoms. The average Bonchev–Trinajstić information content (AvgIpc) is 3.17. The number of rotatable bonds is 8. The summed E-state index contributed by atoms with van der Waals surface area (Å²) in [5.41, 5.74) is 4.33. The fourth-order valence-electron chi connectivity index (χ4n) is 4.68. The number of benzene rings is 1. The van der Waals surface area contributed by atoms with Gasteiger partial charge in [0, 0.05) is 28.8 Å². The third-order valence-electron chi connectivity index (χ3n) is 6.87. The van der Waals surface area contributed by atoms with Gasteiger partial charge in [-0.25, -0.2) is 4.40 Å². The molecule has 0 saturated heterocycles. The van der Waals surface area contributed by atoms with Gasteiger partial charge in [-0.05, 0) is 43.1 Å². The van der Waals surface area contributed by atoms with Crippen LogP contribution in [-0.4, -0.2) is 24.9 Å². The van der Waals surface area contributed by atoms with Crippen LogP contribution in [0.3, 0.4) is 0 Å². The van der Waals surface area contributed by atoms with Crippen LogP contribution in [0.15, 0.2) is 34.2 Å². The topological polar surface area (TPSA) is 52.2 Å². The van der Waals surface area contributed by atoms with Crippen LogP contribution in [0.4, 0.5) is 0 Å². The third kappa shape index (κ3) is 4.02. The molecule has 1 aliphatic rings. The molecule has 3 aromatic rings. The van der Waals surface area contributed by atoms with Crippen molar-refractivity contribution in [1.82, 2.24) is 19.2 Å². The molecular formula is C26H36N4OS. The Balaban J connectivity index is 2.01. The van der Waals surface area contributed by atoms with E-state index in [0.717, 1.165) is 54.4 Å². The van der Waals surface area contributed by atoms with Crippen molar-refractivity contribution >= 4 is 17.5 Å². The molecule has 0 unspecified atom stereocenters. The van der Waals surface area contributed by atoms with E-state index in [4.69, 9.17) is 0 Å². The summed E-state index contributed by atoms with van der Waals surface area (Å²) >= 11 is 1.65. The highest BCUT2D eigenvalue weighted by Crippen LogP contribution is 2.44. The second-order valence-electron chi connectivity index (χ2n) is 10.3. The Kier molecular flexibility index (Phi) is 6.53. The number of aryl methyl sites for hydroxylation is 1. The van der Waals surface area contributed by atoms with Gasteiger partial charge in [0.05, 0.1) is 5.69 Å². The zero-order chi connectivity index (χ0) is 23.0. The SMILES string of the molecule is CC[C@@]1(C)Cc2ccccc2-c2c1c(=O)n1c(SCCC(C)C)nnc1n2CCC(C)C. The average molecular weight is 453 g/mol. The molecule has 1 atom stereocenters. The van der Waals surface area contributed by atoms with Gasteiger partial charge >= 0.3 is 0 Å². The standard InChI is InChI=1S/C26H36N4OS/c1-7-26(6)16-19-10-8-9-11-20(19)22-21(26)23(31)30-24(29(22)14-12-17(2)3)27-28-25(30)32-15-13-18(4)5/h8-11,17-18H,7,12-16H2,1-6H3/t26-/m0/s1. The smallest absolute Gasteiger partial charge is 0.265 e. The molecular weight excluding hydrogens is 416 g/mol. The molecule has 0 amide bonds. The fourth-order valence-corrected chi connectivity index (χ4v) is 5.85. The van der Waals surface area contributed by atoms with Gasteiger partial charge in [-0.2, -0.15) is 0 Å². The highest BCUT2D eigenvalue weighted by molar-refractivity contribution is 7.99. The first-order valence-corrected chi connectivity index (χ1v) is 13.0. The Labute approximate surface area is 195 Å². The summed E-state index contributed by atoms with van der Waals surface area (Å²) in [5.74, 6) is 2.80. The van der Waals surface area contributed by atoms with Crippen LogP contribution in [0.5, 0.6) is 0 Å². The van der Waals surface area contributed by atoms with E-state index in [0.29, 0.717) is 17.6 Å². The van der Waals surface area contributed by atoms with Gasteiger partial charge in [0.2, 0.25) is 5.78 Å². The molecule has 0 fully saturated rings. The zero-order valence-corrected chi connectivity index (χ0v) is 21.1. The van der Waals surface area contributed by atoms with Crippen LogP contribution in [0.1, 0.15) is 71.9 Å². The Morgan fingerprint density at radius 1 is 1.09 bits per heavy atom. The Morgan fingerprint density at radius 3 is 2.50 bits per heavy atom. The van der Waals surface area contributed by atoms with Gasteiger partial charge in [0.25, 0.3) is 5.56 Å². The maximum absolute atomic E-state index is 14.1. The maximum atomic E-state index is 14.1. The van der Waals surface area contributed by atoms with Gasteiger partial charge in [0.15, 0.2) is 5.16 Å². The highest BCUT2D eigenvalue weighted by atomic mass is 32.2. The first-order valence-electron chi connectivity index (χ1n) is 12.0. The maximum Gasteiger partial charge on any atom is 0.265 e. The summed E-state index contributed by atoms with van der Waals surface area (Å²) in [4.78, 5) is 14.1. The normalized spacial score (nSPS) is 17.9. The van der Waals surface area contributed by atoms with E-state index in [-0.39, 0.29) is 11.0 Å². The van der Waals surface area contributed by atoms with Crippen LogP contribution in [0.25, 0.3) is 17.0 Å². The van der Waals surface area contributed by atoms with Crippen molar-refractivity contribution in [2.45, 2.75) is 84.3 Å². The van der Waals surface area contributed by atoms with E-state index in [1.165, 1.54) is 11.1 Å². The number of hydrogen-bond donors (Lipinski definition) is 0. The van der Waals surface area contributed by atoms with E-state index >= 15 is 0 Å². The number of aromatic nitrogens is 4. The monoisotopic (exact) mass is 452 g/mol. The van der Waals surface area contributed by atoms with Crippen molar-refractivity contribution in [3.05, 3.63) is 45.7 Å². The van der Waals surface area contributed by atoms with E-state index < -0.39 is 0 Å². The summed E-state index contributed by atoms with van der Waals surface area (Å²) in [6.07, 6.45) is 3.91. The van der Waals surface area contributed by atoms with Crippen molar-refractivity contribution < 1.29 is 0 Å². The molecule has 1 aliphatic carbocycles. The summed E-state index contributed by atoms with van der Waals surface area (Å²) < 4.78 is 4.08. The van der Waals surface area contributed by atoms with Crippen molar-refractivity contribution in [2.75, 3.05) is 5.75 Å². The summed E-state index contributed by atoms with van der Waals surface area (Å²) in [6, 6.07) is 8.57. The lowest BCUT2D eigenvalue weighted by Crippen LogP contribution is -2.39. The molecule has 0 saturated carbocycles. The first kappa shape index (κ1) is 23.1. The van der Waals surface area contributed by atoms with Gasteiger partial charge in [0.1, 0.15) is 0 Å². The molecule has 172 valence electrons. The van der Waals surface area contributed by atoms with Crippen molar-refractivity contribution in [3.63, 3.8) is 0 Å². The minimum atomic E-state index is -0.210. The summed E-state index contributed by atoms with van der Waals surface area (Å²) in [5, 5.41) is 9.79. The molecule has 4 rings (SSSR count). The molecule has 0 aliphatic heterocycles. The summed E-state index contributed by atoms with van der Waals surface area (Å²) in [6.45, 7) is 14.2. The number of fused-ring (bicyclic) bond motifs is 4. The van der Waals surface area contributed by atoms with Crippen molar-refractivity contribution in [2.24, 2.45) is 11.8 Å². The van der Waals surface area contributed by atoms with E-state index in [9.17, 15) is 4.79 Å².